The van der Waals surface area contributed by atoms with Crippen LogP contribution in [0.15, 0.2) is 42.6 Å². The lowest BCUT2D eigenvalue weighted by molar-refractivity contribution is -0.383. The Morgan fingerprint density at radius 1 is 1.10 bits per heavy atom. The third-order valence-electron chi connectivity index (χ3n) is 3.72. The molecule has 1 fully saturated rings. The summed E-state index contributed by atoms with van der Waals surface area (Å²) in [5, 5.41) is 13.0. The van der Waals surface area contributed by atoms with E-state index in [-0.39, 0.29) is 10.6 Å². The van der Waals surface area contributed by atoms with Crippen molar-refractivity contribution >= 4 is 22.5 Å². The number of hydrogen-bond acceptors (Lipinski definition) is 3. The second-order valence-corrected chi connectivity index (χ2v) is 5.04. The molecular weight excluding hydrogens is 252 g/mol. The van der Waals surface area contributed by atoms with Crippen molar-refractivity contribution in [3.63, 3.8) is 0 Å². The maximum atomic E-state index is 11.4. The molecule has 0 spiro atoms. The van der Waals surface area contributed by atoms with Gasteiger partial charge in [0, 0.05) is 13.1 Å². The van der Waals surface area contributed by atoms with Crippen LogP contribution in [0.25, 0.3) is 16.8 Å². The lowest BCUT2D eigenvalue weighted by Crippen LogP contribution is -2.10. The first kappa shape index (κ1) is 12.7. The lowest BCUT2D eigenvalue weighted by atomic mass is 10.0. The van der Waals surface area contributed by atoms with Crippen molar-refractivity contribution in [1.29, 1.82) is 0 Å². The van der Waals surface area contributed by atoms with E-state index in [1.54, 1.807) is 6.07 Å². The van der Waals surface area contributed by atoms with Gasteiger partial charge in [0.1, 0.15) is 0 Å². The summed E-state index contributed by atoms with van der Waals surface area (Å²) < 4.78 is 0. The highest BCUT2D eigenvalue weighted by Crippen LogP contribution is 2.30. The van der Waals surface area contributed by atoms with Crippen molar-refractivity contribution in [1.82, 2.24) is 4.90 Å². The van der Waals surface area contributed by atoms with Crippen molar-refractivity contribution in [2.45, 2.75) is 12.8 Å². The number of nitrogens with zero attached hydrogens (tertiary/aromatic N) is 2. The molecular formula is C16H16N2O2. The highest BCUT2D eigenvalue weighted by molar-refractivity contribution is 5.94. The van der Waals surface area contributed by atoms with Crippen LogP contribution >= 0.6 is 0 Å². The topological polar surface area (TPSA) is 46.4 Å². The van der Waals surface area contributed by atoms with Gasteiger partial charge in [0.05, 0.1) is 15.9 Å². The second-order valence-electron chi connectivity index (χ2n) is 5.04. The molecule has 0 aromatic heterocycles. The van der Waals surface area contributed by atoms with Crippen LogP contribution < -0.4 is 0 Å². The SMILES string of the molecule is O=[N+]([O-])c1c(C=CN2CCCC2)ccc2ccccc12. The van der Waals surface area contributed by atoms with Gasteiger partial charge in [-0.2, -0.15) is 0 Å². The number of fused-ring (bicyclic) bond motifs is 1. The predicted octanol–water partition coefficient (Wildman–Crippen LogP) is 3.81. The summed E-state index contributed by atoms with van der Waals surface area (Å²) in [6, 6.07) is 11.2. The van der Waals surface area contributed by atoms with E-state index in [0.717, 1.165) is 18.5 Å². The van der Waals surface area contributed by atoms with Crippen LogP contribution in [-0.2, 0) is 0 Å². The molecule has 4 heteroatoms. The lowest BCUT2D eigenvalue weighted by Gasteiger charge is -2.10. The Kier molecular flexibility index (Phi) is 3.37. The molecule has 1 saturated heterocycles. The van der Waals surface area contributed by atoms with Crippen LogP contribution in [0.5, 0.6) is 0 Å². The van der Waals surface area contributed by atoms with Crippen molar-refractivity contribution in [3.8, 4) is 0 Å². The first-order valence-corrected chi connectivity index (χ1v) is 6.84. The highest BCUT2D eigenvalue weighted by atomic mass is 16.6. The summed E-state index contributed by atoms with van der Waals surface area (Å²) >= 11 is 0. The molecule has 1 heterocycles. The predicted molar refractivity (Wildman–Crippen MR) is 80.4 cm³/mol. The van der Waals surface area contributed by atoms with Gasteiger partial charge in [0.25, 0.3) is 5.69 Å². The number of benzene rings is 2. The Balaban J connectivity index is 2.05. The highest BCUT2D eigenvalue weighted by Gasteiger charge is 2.16. The van der Waals surface area contributed by atoms with Gasteiger partial charge in [-0.05, 0) is 42.6 Å². The average Bonchev–Trinajstić information content (AvgIpc) is 2.97. The summed E-state index contributed by atoms with van der Waals surface area (Å²) in [7, 11) is 0. The van der Waals surface area contributed by atoms with Crippen LogP contribution in [0.1, 0.15) is 18.4 Å². The second kappa shape index (κ2) is 5.33. The van der Waals surface area contributed by atoms with Crippen LogP contribution in [0, 0.1) is 10.1 Å². The fraction of sp³-hybridized carbons (Fsp3) is 0.250. The molecule has 2 aromatic rings. The molecule has 1 aliphatic heterocycles. The molecule has 102 valence electrons. The molecule has 0 atom stereocenters. The number of hydrogen-bond donors (Lipinski definition) is 0. The zero-order valence-corrected chi connectivity index (χ0v) is 11.2. The van der Waals surface area contributed by atoms with Gasteiger partial charge in [0.15, 0.2) is 0 Å². The van der Waals surface area contributed by atoms with Crippen molar-refractivity contribution in [2.75, 3.05) is 13.1 Å². The first-order chi connectivity index (χ1) is 9.75. The van der Waals surface area contributed by atoms with E-state index < -0.39 is 0 Å². The van der Waals surface area contributed by atoms with Gasteiger partial charge in [0.2, 0.25) is 0 Å². The first-order valence-electron chi connectivity index (χ1n) is 6.84. The van der Waals surface area contributed by atoms with Gasteiger partial charge in [-0.3, -0.25) is 10.1 Å². The molecule has 4 nitrogen and oxygen atoms in total. The van der Waals surface area contributed by atoms with Crippen LogP contribution in [-0.4, -0.2) is 22.9 Å². The molecule has 20 heavy (non-hydrogen) atoms. The molecule has 0 aliphatic carbocycles. The quantitative estimate of drug-likeness (QED) is 0.628. The maximum absolute atomic E-state index is 11.4. The molecule has 0 bridgehead atoms. The molecule has 0 unspecified atom stereocenters. The summed E-state index contributed by atoms with van der Waals surface area (Å²) in [4.78, 5) is 13.3. The van der Waals surface area contributed by atoms with E-state index in [4.69, 9.17) is 0 Å². The minimum Gasteiger partial charge on any atom is -0.377 e. The Hall–Kier alpha value is -2.36. The van der Waals surface area contributed by atoms with E-state index in [1.807, 2.05) is 42.6 Å². The largest absolute Gasteiger partial charge is 0.377 e. The van der Waals surface area contributed by atoms with Gasteiger partial charge < -0.3 is 4.90 Å². The molecule has 3 rings (SSSR count). The van der Waals surface area contributed by atoms with Crippen LogP contribution in [0.4, 0.5) is 5.69 Å². The monoisotopic (exact) mass is 268 g/mol. The number of nitro benzene ring substituents is 1. The van der Waals surface area contributed by atoms with Crippen molar-refractivity contribution in [3.05, 3.63) is 58.3 Å². The van der Waals surface area contributed by atoms with Gasteiger partial charge in [-0.25, -0.2) is 0 Å². The summed E-state index contributed by atoms with van der Waals surface area (Å²) in [6.45, 7) is 2.08. The minimum absolute atomic E-state index is 0.193. The standard InChI is InChI=1S/C16H16N2O2/c19-18(20)16-14(9-12-17-10-3-4-11-17)8-7-13-5-1-2-6-15(13)16/h1-2,5-9,12H,3-4,10-11H2. The molecule has 2 aromatic carbocycles. The zero-order chi connectivity index (χ0) is 13.9. The summed E-state index contributed by atoms with van der Waals surface area (Å²) in [5.74, 6) is 0. The molecule has 0 saturated carbocycles. The normalized spacial score (nSPS) is 15.3. The van der Waals surface area contributed by atoms with E-state index in [9.17, 15) is 10.1 Å². The Morgan fingerprint density at radius 3 is 2.60 bits per heavy atom. The Labute approximate surface area is 117 Å². The summed E-state index contributed by atoms with van der Waals surface area (Å²) in [5.41, 5.74) is 0.860. The summed E-state index contributed by atoms with van der Waals surface area (Å²) in [6.07, 6.45) is 6.23. The van der Waals surface area contributed by atoms with Gasteiger partial charge in [-0.15, -0.1) is 0 Å². The number of rotatable bonds is 3. The van der Waals surface area contributed by atoms with E-state index in [2.05, 4.69) is 4.90 Å². The van der Waals surface area contributed by atoms with E-state index in [1.165, 1.54) is 12.8 Å². The van der Waals surface area contributed by atoms with Crippen LogP contribution in [0.3, 0.4) is 0 Å². The van der Waals surface area contributed by atoms with E-state index in [0.29, 0.717) is 10.9 Å². The van der Waals surface area contributed by atoms with Crippen LogP contribution in [0.2, 0.25) is 0 Å². The molecule has 0 N–H and O–H groups in total. The molecule has 0 amide bonds. The zero-order valence-electron chi connectivity index (χ0n) is 11.2. The fourth-order valence-electron chi connectivity index (χ4n) is 2.69. The average molecular weight is 268 g/mol. The maximum Gasteiger partial charge on any atom is 0.284 e. The number of likely N-dealkylation sites (tertiary alicyclic amines) is 1. The van der Waals surface area contributed by atoms with Crippen molar-refractivity contribution in [2.24, 2.45) is 0 Å². The smallest absolute Gasteiger partial charge is 0.284 e. The third kappa shape index (κ3) is 2.37. The number of nitro groups is 1. The van der Waals surface area contributed by atoms with Crippen molar-refractivity contribution < 1.29 is 4.92 Å². The third-order valence-corrected chi connectivity index (χ3v) is 3.72. The minimum atomic E-state index is -0.286. The van der Waals surface area contributed by atoms with E-state index >= 15 is 0 Å². The van der Waals surface area contributed by atoms with Gasteiger partial charge in [-0.1, -0.05) is 24.3 Å². The Morgan fingerprint density at radius 2 is 1.85 bits per heavy atom. The van der Waals surface area contributed by atoms with Gasteiger partial charge >= 0.3 is 0 Å². The Bertz CT molecular complexity index is 673. The fourth-order valence-corrected chi connectivity index (χ4v) is 2.69. The molecule has 0 radical (unpaired) electrons. The molecule has 1 aliphatic rings.